The van der Waals surface area contributed by atoms with E-state index >= 15 is 0 Å². The molecule has 13 heavy (non-hydrogen) atoms. The molecular formula is C9H15NO3. The molecule has 2 aliphatic heterocycles. The molecule has 2 saturated heterocycles. The number of nitrogens with one attached hydrogen (secondary N) is 1. The molecular weight excluding hydrogens is 170 g/mol. The fourth-order valence-corrected chi connectivity index (χ4v) is 2.34. The Morgan fingerprint density at radius 3 is 3.31 bits per heavy atom. The lowest BCUT2D eigenvalue weighted by Gasteiger charge is -2.35. The molecule has 2 atom stereocenters. The Bertz CT molecular complexity index is 219. The largest absolute Gasteiger partial charge is 0.469 e. The van der Waals surface area contributed by atoms with Crippen LogP contribution < -0.4 is 5.32 Å². The third-order valence-corrected chi connectivity index (χ3v) is 3.22. The van der Waals surface area contributed by atoms with Gasteiger partial charge in [-0.2, -0.15) is 0 Å². The van der Waals surface area contributed by atoms with E-state index in [1.165, 1.54) is 7.11 Å². The highest BCUT2D eigenvalue weighted by Gasteiger charge is 2.51. The van der Waals surface area contributed by atoms with Gasteiger partial charge in [-0.15, -0.1) is 0 Å². The van der Waals surface area contributed by atoms with Crippen molar-refractivity contribution in [1.29, 1.82) is 0 Å². The Labute approximate surface area is 77.6 Å². The maximum Gasteiger partial charge on any atom is 0.313 e. The summed E-state index contributed by atoms with van der Waals surface area (Å²) in [6.07, 6.45) is 0.789. The maximum absolute atomic E-state index is 11.7. The van der Waals surface area contributed by atoms with Crippen LogP contribution in [-0.4, -0.2) is 39.4 Å². The van der Waals surface area contributed by atoms with Crippen molar-refractivity contribution in [3.63, 3.8) is 0 Å². The van der Waals surface area contributed by atoms with Gasteiger partial charge in [0.25, 0.3) is 0 Å². The fourth-order valence-electron chi connectivity index (χ4n) is 2.34. The van der Waals surface area contributed by atoms with Crippen LogP contribution in [0.15, 0.2) is 0 Å². The topological polar surface area (TPSA) is 47.6 Å². The van der Waals surface area contributed by atoms with Crippen LogP contribution in [0.4, 0.5) is 0 Å². The van der Waals surface area contributed by atoms with Gasteiger partial charge in [-0.25, -0.2) is 0 Å². The van der Waals surface area contributed by atoms with Gasteiger partial charge in [0.2, 0.25) is 0 Å². The monoisotopic (exact) mass is 185 g/mol. The van der Waals surface area contributed by atoms with Crippen molar-refractivity contribution in [1.82, 2.24) is 5.32 Å². The lowest BCUT2D eigenvalue weighted by atomic mass is 9.74. The summed E-state index contributed by atoms with van der Waals surface area (Å²) < 4.78 is 10.2. The Hall–Kier alpha value is -0.610. The average molecular weight is 185 g/mol. The van der Waals surface area contributed by atoms with Crippen molar-refractivity contribution < 1.29 is 14.3 Å². The van der Waals surface area contributed by atoms with Gasteiger partial charge in [0.05, 0.1) is 19.1 Å². The molecule has 2 aliphatic rings. The third kappa shape index (κ3) is 1.25. The SMILES string of the molecule is COC(=O)C12CCOCC1CNC2. The lowest BCUT2D eigenvalue weighted by Crippen LogP contribution is -2.45. The number of ether oxygens (including phenoxy) is 2. The molecule has 2 fully saturated rings. The van der Waals surface area contributed by atoms with Gasteiger partial charge < -0.3 is 14.8 Å². The molecule has 2 heterocycles. The summed E-state index contributed by atoms with van der Waals surface area (Å²) in [5.41, 5.74) is -0.299. The lowest BCUT2D eigenvalue weighted by molar-refractivity contribution is -0.161. The summed E-state index contributed by atoms with van der Waals surface area (Å²) in [6.45, 7) is 2.97. The second kappa shape index (κ2) is 3.27. The summed E-state index contributed by atoms with van der Waals surface area (Å²) in [5, 5.41) is 3.24. The van der Waals surface area contributed by atoms with E-state index in [1.54, 1.807) is 0 Å². The van der Waals surface area contributed by atoms with Crippen molar-refractivity contribution in [3.05, 3.63) is 0 Å². The van der Waals surface area contributed by atoms with E-state index in [-0.39, 0.29) is 11.4 Å². The van der Waals surface area contributed by atoms with Crippen LogP contribution in [0.5, 0.6) is 0 Å². The normalized spacial score (nSPS) is 38.4. The number of fused-ring (bicyclic) bond motifs is 1. The Morgan fingerprint density at radius 2 is 2.54 bits per heavy atom. The summed E-state index contributed by atoms with van der Waals surface area (Å²) in [4.78, 5) is 11.7. The van der Waals surface area contributed by atoms with Crippen molar-refractivity contribution in [2.75, 3.05) is 33.4 Å². The van der Waals surface area contributed by atoms with E-state index in [4.69, 9.17) is 9.47 Å². The van der Waals surface area contributed by atoms with E-state index in [9.17, 15) is 4.79 Å². The molecule has 0 saturated carbocycles. The minimum Gasteiger partial charge on any atom is -0.469 e. The van der Waals surface area contributed by atoms with Gasteiger partial charge in [0, 0.05) is 25.6 Å². The molecule has 0 aromatic rings. The minimum atomic E-state index is -0.299. The summed E-state index contributed by atoms with van der Waals surface area (Å²) in [7, 11) is 1.46. The van der Waals surface area contributed by atoms with E-state index in [0.717, 1.165) is 19.5 Å². The number of methoxy groups -OCH3 is 1. The van der Waals surface area contributed by atoms with Crippen LogP contribution in [0, 0.1) is 11.3 Å². The highest BCUT2D eigenvalue weighted by atomic mass is 16.5. The first-order chi connectivity index (χ1) is 6.29. The fraction of sp³-hybridized carbons (Fsp3) is 0.889. The highest BCUT2D eigenvalue weighted by Crippen LogP contribution is 2.39. The number of hydrogen-bond donors (Lipinski definition) is 1. The first kappa shape index (κ1) is 8.97. The van der Waals surface area contributed by atoms with E-state index in [0.29, 0.717) is 19.1 Å². The molecule has 1 N–H and O–H groups in total. The molecule has 0 aliphatic carbocycles. The first-order valence-electron chi connectivity index (χ1n) is 4.66. The minimum absolute atomic E-state index is 0.0780. The van der Waals surface area contributed by atoms with Crippen LogP contribution in [0.1, 0.15) is 6.42 Å². The predicted molar refractivity (Wildman–Crippen MR) is 46.2 cm³/mol. The highest BCUT2D eigenvalue weighted by molar-refractivity contribution is 5.78. The number of rotatable bonds is 1. The molecule has 0 radical (unpaired) electrons. The molecule has 4 heteroatoms. The molecule has 0 bridgehead atoms. The van der Waals surface area contributed by atoms with E-state index in [2.05, 4.69) is 5.32 Å². The standard InChI is InChI=1S/C9H15NO3/c1-12-8(11)9-2-3-13-5-7(9)4-10-6-9/h7,10H,2-6H2,1H3. The van der Waals surface area contributed by atoms with Crippen molar-refractivity contribution in [2.45, 2.75) is 6.42 Å². The Balaban J connectivity index is 2.20. The van der Waals surface area contributed by atoms with Gasteiger partial charge in [0.15, 0.2) is 0 Å². The van der Waals surface area contributed by atoms with Crippen LogP contribution in [0.2, 0.25) is 0 Å². The van der Waals surface area contributed by atoms with Gasteiger partial charge in [-0.05, 0) is 6.42 Å². The smallest absolute Gasteiger partial charge is 0.313 e. The van der Waals surface area contributed by atoms with Crippen molar-refractivity contribution in [2.24, 2.45) is 11.3 Å². The molecule has 74 valence electrons. The second-order valence-corrected chi connectivity index (χ2v) is 3.80. The van der Waals surface area contributed by atoms with Gasteiger partial charge >= 0.3 is 5.97 Å². The quantitative estimate of drug-likeness (QED) is 0.574. The van der Waals surface area contributed by atoms with Gasteiger partial charge in [-0.1, -0.05) is 0 Å². The van der Waals surface area contributed by atoms with Gasteiger partial charge in [-0.3, -0.25) is 4.79 Å². The zero-order chi connectivity index (χ0) is 9.31. The maximum atomic E-state index is 11.7. The molecule has 0 aromatic carbocycles. The number of esters is 1. The predicted octanol–water partition coefficient (Wildman–Crippen LogP) is -0.215. The molecule has 0 amide bonds. The third-order valence-electron chi connectivity index (χ3n) is 3.22. The number of carbonyl (C=O) groups excluding carboxylic acids is 1. The Morgan fingerprint density at radius 1 is 1.69 bits per heavy atom. The molecule has 2 rings (SSSR count). The zero-order valence-corrected chi connectivity index (χ0v) is 7.84. The van der Waals surface area contributed by atoms with E-state index < -0.39 is 0 Å². The van der Waals surface area contributed by atoms with E-state index in [1.807, 2.05) is 0 Å². The molecule has 2 unspecified atom stereocenters. The van der Waals surface area contributed by atoms with Crippen LogP contribution in [0.25, 0.3) is 0 Å². The summed E-state index contributed by atoms with van der Waals surface area (Å²) in [6, 6.07) is 0. The van der Waals surface area contributed by atoms with Crippen LogP contribution in [-0.2, 0) is 14.3 Å². The first-order valence-corrected chi connectivity index (χ1v) is 4.66. The summed E-state index contributed by atoms with van der Waals surface area (Å²) in [5.74, 6) is 0.222. The van der Waals surface area contributed by atoms with Gasteiger partial charge in [0.1, 0.15) is 0 Å². The summed E-state index contributed by atoms with van der Waals surface area (Å²) >= 11 is 0. The molecule has 0 spiro atoms. The molecule has 0 aromatic heterocycles. The average Bonchev–Trinajstić information content (AvgIpc) is 2.61. The molecule has 4 nitrogen and oxygen atoms in total. The zero-order valence-electron chi connectivity index (χ0n) is 7.84. The van der Waals surface area contributed by atoms with Crippen molar-refractivity contribution in [3.8, 4) is 0 Å². The number of hydrogen-bond acceptors (Lipinski definition) is 4. The van der Waals surface area contributed by atoms with Crippen LogP contribution in [0.3, 0.4) is 0 Å². The van der Waals surface area contributed by atoms with Crippen LogP contribution >= 0.6 is 0 Å². The Kier molecular flexibility index (Phi) is 2.26. The second-order valence-electron chi connectivity index (χ2n) is 3.80. The van der Waals surface area contributed by atoms with Crippen molar-refractivity contribution >= 4 is 5.97 Å². The number of carbonyl (C=O) groups is 1.